The fourth-order valence-electron chi connectivity index (χ4n) is 1.97. The molecule has 5 nitrogen and oxygen atoms in total. The Hall–Kier alpha value is -2.76. The van der Waals surface area contributed by atoms with Crippen LogP contribution in [0.15, 0.2) is 36.7 Å². The van der Waals surface area contributed by atoms with Crippen molar-refractivity contribution in [1.82, 2.24) is 15.0 Å². The number of aryl methyl sites for hydroxylation is 1. The first-order chi connectivity index (χ1) is 9.63. The smallest absolute Gasteiger partial charge is 0.258 e. The molecule has 20 heavy (non-hydrogen) atoms. The van der Waals surface area contributed by atoms with Crippen LogP contribution in [0.2, 0.25) is 0 Å². The van der Waals surface area contributed by atoms with E-state index in [1.807, 2.05) is 6.92 Å². The van der Waals surface area contributed by atoms with Gasteiger partial charge in [0.15, 0.2) is 5.82 Å². The Morgan fingerprint density at radius 1 is 1.35 bits per heavy atom. The first kappa shape index (κ1) is 12.3. The van der Waals surface area contributed by atoms with Crippen molar-refractivity contribution in [1.29, 1.82) is 0 Å². The molecule has 6 heteroatoms. The molecule has 1 aromatic carbocycles. The Morgan fingerprint density at radius 3 is 3.00 bits per heavy atom. The van der Waals surface area contributed by atoms with Gasteiger partial charge in [0.05, 0.1) is 22.8 Å². The monoisotopic (exact) mass is 270 g/mol. The van der Waals surface area contributed by atoms with Gasteiger partial charge in [0.1, 0.15) is 5.82 Å². The normalized spacial score (nSPS) is 10.7. The van der Waals surface area contributed by atoms with Crippen molar-refractivity contribution in [2.45, 2.75) is 6.92 Å². The van der Waals surface area contributed by atoms with E-state index in [9.17, 15) is 9.18 Å². The van der Waals surface area contributed by atoms with Crippen LogP contribution in [0, 0.1) is 12.7 Å². The second kappa shape index (κ2) is 4.73. The van der Waals surface area contributed by atoms with Crippen molar-refractivity contribution in [3.63, 3.8) is 0 Å². The van der Waals surface area contributed by atoms with E-state index in [0.29, 0.717) is 5.69 Å². The highest BCUT2D eigenvalue weighted by Crippen LogP contribution is 2.18. The Labute approximate surface area is 113 Å². The number of imidazole rings is 1. The molecular formula is C14H11FN4O. The van der Waals surface area contributed by atoms with Crippen LogP contribution in [-0.4, -0.2) is 20.9 Å². The van der Waals surface area contributed by atoms with Crippen LogP contribution < -0.4 is 5.32 Å². The molecule has 0 radical (unpaired) electrons. The molecule has 0 bridgehead atoms. The molecule has 100 valence electrons. The standard InChI is InChI=1S/C14H11FN4O/c1-8-17-12-3-2-9(6-13(12)18-8)19-14(20)10-4-5-16-7-11(10)15/h2-7H,1H3,(H,17,18)(H,19,20). The van der Waals surface area contributed by atoms with Crippen molar-refractivity contribution in [2.75, 3.05) is 5.32 Å². The van der Waals surface area contributed by atoms with Crippen LogP contribution in [0.5, 0.6) is 0 Å². The molecule has 0 spiro atoms. The molecule has 0 aliphatic rings. The number of rotatable bonds is 2. The largest absolute Gasteiger partial charge is 0.342 e. The lowest BCUT2D eigenvalue weighted by atomic mass is 10.2. The minimum Gasteiger partial charge on any atom is -0.342 e. The van der Waals surface area contributed by atoms with E-state index in [4.69, 9.17) is 0 Å². The van der Waals surface area contributed by atoms with E-state index < -0.39 is 11.7 Å². The van der Waals surface area contributed by atoms with Crippen LogP contribution in [0.3, 0.4) is 0 Å². The number of aromatic nitrogens is 3. The molecule has 0 saturated carbocycles. The number of pyridine rings is 1. The van der Waals surface area contributed by atoms with Gasteiger partial charge in [-0.25, -0.2) is 9.37 Å². The van der Waals surface area contributed by atoms with E-state index in [1.54, 1.807) is 18.2 Å². The van der Waals surface area contributed by atoms with Gasteiger partial charge in [-0.1, -0.05) is 0 Å². The lowest BCUT2D eigenvalue weighted by molar-refractivity contribution is 0.102. The predicted octanol–water partition coefficient (Wildman–Crippen LogP) is 2.66. The highest BCUT2D eigenvalue weighted by Gasteiger charge is 2.12. The summed E-state index contributed by atoms with van der Waals surface area (Å²) in [6, 6.07) is 6.60. The van der Waals surface area contributed by atoms with Crippen molar-refractivity contribution < 1.29 is 9.18 Å². The zero-order valence-electron chi connectivity index (χ0n) is 10.6. The number of carbonyl (C=O) groups excluding carboxylic acids is 1. The number of aromatic amines is 1. The lowest BCUT2D eigenvalue weighted by Crippen LogP contribution is -2.13. The lowest BCUT2D eigenvalue weighted by Gasteiger charge is -2.05. The molecule has 2 aromatic heterocycles. The number of amides is 1. The highest BCUT2D eigenvalue weighted by molar-refractivity contribution is 6.05. The summed E-state index contributed by atoms with van der Waals surface area (Å²) in [5.41, 5.74) is 2.16. The number of nitrogens with one attached hydrogen (secondary N) is 2. The third-order valence-corrected chi connectivity index (χ3v) is 2.88. The summed E-state index contributed by atoms with van der Waals surface area (Å²) >= 11 is 0. The first-order valence-electron chi connectivity index (χ1n) is 6.01. The number of fused-ring (bicyclic) bond motifs is 1. The Bertz CT molecular complexity index is 797. The quantitative estimate of drug-likeness (QED) is 0.752. The minimum atomic E-state index is -0.650. The van der Waals surface area contributed by atoms with Crippen LogP contribution in [0.1, 0.15) is 16.2 Å². The zero-order valence-corrected chi connectivity index (χ0v) is 10.6. The van der Waals surface area contributed by atoms with E-state index >= 15 is 0 Å². The third-order valence-electron chi connectivity index (χ3n) is 2.88. The molecule has 0 atom stereocenters. The maximum absolute atomic E-state index is 13.5. The number of carbonyl (C=O) groups is 1. The fourth-order valence-corrected chi connectivity index (χ4v) is 1.97. The molecule has 2 N–H and O–H groups in total. The number of H-pyrrole nitrogens is 1. The van der Waals surface area contributed by atoms with Crippen LogP contribution in [0.25, 0.3) is 11.0 Å². The number of hydrogen-bond acceptors (Lipinski definition) is 3. The number of hydrogen-bond donors (Lipinski definition) is 2. The molecular weight excluding hydrogens is 259 g/mol. The molecule has 0 aliphatic carbocycles. The third kappa shape index (κ3) is 2.23. The number of anilines is 1. The molecule has 2 heterocycles. The Morgan fingerprint density at radius 2 is 2.20 bits per heavy atom. The molecule has 3 aromatic rings. The van der Waals surface area contributed by atoms with E-state index in [2.05, 4.69) is 20.3 Å². The molecule has 0 unspecified atom stereocenters. The second-order valence-electron chi connectivity index (χ2n) is 4.36. The topological polar surface area (TPSA) is 70.7 Å². The molecule has 3 rings (SSSR count). The predicted molar refractivity (Wildman–Crippen MR) is 73.0 cm³/mol. The van der Waals surface area contributed by atoms with Gasteiger partial charge in [0.25, 0.3) is 5.91 Å². The summed E-state index contributed by atoms with van der Waals surface area (Å²) in [6.07, 6.45) is 2.38. The average Bonchev–Trinajstić information content (AvgIpc) is 2.78. The van der Waals surface area contributed by atoms with E-state index in [-0.39, 0.29) is 5.56 Å². The highest BCUT2D eigenvalue weighted by atomic mass is 19.1. The van der Waals surface area contributed by atoms with Crippen molar-refractivity contribution in [3.05, 3.63) is 53.9 Å². The summed E-state index contributed by atoms with van der Waals surface area (Å²) in [5, 5.41) is 2.65. The average molecular weight is 270 g/mol. The molecule has 0 aliphatic heterocycles. The van der Waals surface area contributed by atoms with Gasteiger partial charge in [-0.15, -0.1) is 0 Å². The summed E-state index contributed by atoms with van der Waals surface area (Å²) < 4.78 is 13.5. The van der Waals surface area contributed by atoms with E-state index in [0.717, 1.165) is 23.1 Å². The second-order valence-corrected chi connectivity index (χ2v) is 4.36. The Balaban J connectivity index is 1.89. The maximum Gasteiger partial charge on any atom is 0.258 e. The van der Waals surface area contributed by atoms with Crippen LogP contribution in [0.4, 0.5) is 10.1 Å². The van der Waals surface area contributed by atoms with Crippen LogP contribution in [-0.2, 0) is 0 Å². The van der Waals surface area contributed by atoms with Gasteiger partial charge in [-0.2, -0.15) is 0 Å². The van der Waals surface area contributed by atoms with Gasteiger partial charge in [0.2, 0.25) is 0 Å². The van der Waals surface area contributed by atoms with Crippen molar-refractivity contribution in [3.8, 4) is 0 Å². The number of benzene rings is 1. The Kier molecular flexibility index (Phi) is 2.90. The van der Waals surface area contributed by atoms with Crippen LogP contribution >= 0.6 is 0 Å². The van der Waals surface area contributed by atoms with Gasteiger partial charge in [0, 0.05) is 11.9 Å². The van der Waals surface area contributed by atoms with E-state index in [1.165, 1.54) is 12.3 Å². The maximum atomic E-state index is 13.5. The van der Waals surface area contributed by atoms with Gasteiger partial charge in [-0.3, -0.25) is 9.78 Å². The zero-order chi connectivity index (χ0) is 14.1. The van der Waals surface area contributed by atoms with Gasteiger partial charge in [-0.05, 0) is 31.2 Å². The summed E-state index contributed by atoms with van der Waals surface area (Å²) in [7, 11) is 0. The number of nitrogens with zero attached hydrogens (tertiary/aromatic N) is 2. The van der Waals surface area contributed by atoms with Crippen molar-refractivity contribution in [2.24, 2.45) is 0 Å². The summed E-state index contributed by atoms with van der Waals surface area (Å²) in [6.45, 7) is 1.85. The van der Waals surface area contributed by atoms with Gasteiger partial charge < -0.3 is 10.3 Å². The van der Waals surface area contributed by atoms with Gasteiger partial charge >= 0.3 is 0 Å². The molecule has 0 fully saturated rings. The minimum absolute atomic E-state index is 0.0408. The summed E-state index contributed by atoms with van der Waals surface area (Å²) in [4.78, 5) is 22.9. The summed E-state index contributed by atoms with van der Waals surface area (Å²) in [5.74, 6) is -0.368. The van der Waals surface area contributed by atoms with Crippen molar-refractivity contribution >= 4 is 22.6 Å². The first-order valence-corrected chi connectivity index (χ1v) is 6.01. The molecule has 1 amide bonds. The number of halogens is 1. The SMILES string of the molecule is Cc1nc2ccc(NC(=O)c3ccncc3F)cc2[nH]1. The fraction of sp³-hybridized carbons (Fsp3) is 0.0714. The molecule has 0 saturated heterocycles.